The quantitative estimate of drug-likeness (QED) is 0.612. The van der Waals surface area contributed by atoms with Crippen LogP contribution in [0.2, 0.25) is 0 Å². The van der Waals surface area contributed by atoms with Crippen LogP contribution >= 0.6 is 0 Å². The highest BCUT2D eigenvalue weighted by Crippen LogP contribution is 2.04. The van der Waals surface area contributed by atoms with E-state index >= 15 is 0 Å². The van der Waals surface area contributed by atoms with Crippen LogP contribution in [0.3, 0.4) is 0 Å². The van der Waals surface area contributed by atoms with E-state index in [2.05, 4.69) is 55.5 Å². The fraction of sp³-hybridized carbons (Fsp3) is 0.429. The molecule has 0 amide bonds. The van der Waals surface area contributed by atoms with Crippen LogP contribution in [-0.2, 0) is 13.1 Å². The standard InChI is InChI=1S/C14H20N6/c1-2-12(10-20-14-17-7-8-18-14)4-3-11(1)9-19-13-15-5-6-16-13/h1-4H,5-10H2,(H2,15,16,19)(H2,17,18,20). The zero-order valence-electron chi connectivity index (χ0n) is 11.4. The van der Waals surface area contributed by atoms with Gasteiger partial charge < -0.3 is 21.3 Å². The van der Waals surface area contributed by atoms with E-state index in [-0.39, 0.29) is 0 Å². The molecule has 106 valence electrons. The third-order valence-corrected chi connectivity index (χ3v) is 3.29. The molecule has 6 nitrogen and oxygen atoms in total. The van der Waals surface area contributed by atoms with Crippen LogP contribution in [0.5, 0.6) is 0 Å². The Morgan fingerprint density at radius 3 is 1.60 bits per heavy atom. The Kier molecular flexibility index (Phi) is 4.01. The summed E-state index contributed by atoms with van der Waals surface area (Å²) in [7, 11) is 0. The van der Waals surface area contributed by atoms with Gasteiger partial charge in [0.2, 0.25) is 0 Å². The molecule has 2 aliphatic heterocycles. The summed E-state index contributed by atoms with van der Waals surface area (Å²) in [6.07, 6.45) is 0. The van der Waals surface area contributed by atoms with Gasteiger partial charge in [-0.05, 0) is 11.1 Å². The molecule has 4 N–H and O–H groups in total. The van der Waals surface area contributed by atoms with Crippen molar-refractivity contribution in [2.45, 2.75) is 13.1 Å². The number of nitrogens with zero attached hydrogens (tertiary/aromatic N) is 2. The number of guanidine groups is 2. The molecular weight excluding hydrogens is 252 g/mol. The number of rotatable bonds is 4. The highest BCUT2D eigenvalue weighted by molar-refractivity contribution is 5.81. The lowest BCUT2D eigenvalue weighted by Gasteiger charge is -2.09. The second kappa shape index (κ2) is 6.27. The number of hydrogen-bond acceptors (Lipinski definition) is 6. The van der Waals surface area contributed by atoms with E-state index < -0.39 is 0 Å². The van der Waals surface area contributed by atoms with Crippen molar-refractivity contribution in [1.29, 1.82) is 0 Å². The van der Waals surface area contributed by atoms with Crippen LogP contribution in [0.15, 0.2) is 34.3 Å². The van der Waals surface area contributed by atoms with Crippen molar-refractivity contribution in [3.05, 3.63) is 35.4 Å². The van der Waals surface area contributed by atoms with Crippen LogP contribution < -0.4 is 21.3 Å². The molecule has 2 heterocycles. The highest BCUT2D eigenvalue weighted by Gasteiger charge is 2.05. The SMILES string of the molecule is c1cc(CNC2=NCCN2)ccc1CNC1=NCCN1. The molecule has 0 saturated heterocycles. The first kappa shape index (κ1) is 12.8. The number of nitrogens with one attached hydrogen (secondary N) is 4. The second-order valence-corrected chi connectivity index (χ2v) is 4.84. The van der Waals surface area contributed by atoms with Gasteiger partial charge >= 0.3 is 0 Å². The minimum Gasteiger partial charge on any atom is -0.355 e. The van der Waals surface area contributed by atoms with E-state index in [0.717, 1.165) is 51.2 Å². The molecule has 2 aliphatic rings. The fourth-order valence-electron chi connectivity index (χ4n) is 2.18. The average molecular weight is 272 g/mol. The molecule has 0 aliphatic carbocycles. The number of hydrogen-bond donors (Lipinski definition) is 4. The summed E-state index contributed by atoms with van der Waals surface area (Å²) in [6, 6.07) is 8.57. The maximum Gasteiger partial charge on any atom is 0.191 e. The van der Waals surface area contributed by atoms with Crippen molar-refractivity contribution in [3.63, 3.8) is 0 Å². The van der Waals surface area contributed by atoms with E-state index in [9.17, 15) is 0 Å². The third kappa shape index (κ3) is 3.40. The molecule has 0 saturated carbocycles. The monoisotopic (exact) mass is 272 g/mol. The van der Waals surface area contributed by atoms with Gasteiger partial charge in [0.05, 0.1) is 13.1 Å². The summed E-state index contributed by atoms with van der Waals surface area (Å²) in [5.74, 6) is 1.81. The van der Waals surface area contributed by atoms with Gasteiger partial charge in [0, 0.05) is 26.2 Å². The Bertz CT molecular complexity index is 458. The average Bonchev–Trinajstić information content (AvgIpc) is 3.17. The zero-order chi connectivity index (χ0) is 13.6. The fourth-order valence-corrected chi connectivity index (χ4v) is 2.18. The first-order valence-electron chi connectivity index (χ1n) is 7.02. The number of benzene rings is 1. The predicted octanol–water partition coefficient (Wildman–Crippen LogP) is -0.216. The van der Waals surface area contributed by atoms with Gasteiger partial charge in [-0.3, -0.25) is 9.98 Å². The topological polar surface area (TPSA) is 72.8 Å². The minimum atomic E-state index is 0.799. The van der Waals surface area contributed by atoms with Gasteiger partial charge in [-0.2, -0.15) is 0 Å². The Balaban J connectivity index is 1.46. The molecule has 1 aromatic rings. The summed E-state index contributed by atoms with van der Waals surface area (Å²) in [5, 5.41) is 13.0. The van der Waals surface area contributed by atoms with Crippen molar-refractivity contribution in [3.8, 4) is 0 Å². The van der Waals surface area contributed by atoms with E-state index in [1.807, 2.05) is 0 Å². The zero-order valence-corrected chi connectivity index (χ0v) is 11.4. The van der Waals surface area contributed by atoms with E-state index in [0.29, 0.717) is 0 Å². The van der Waals surface area contributed by atoms with Gasteiger partial charge in [0.15, 0.2) is 11.9 Å². The molecular formula is C14H20N6. The largest absolute Gasteiger partial charge is 0.355 e. The lowest BCUT2D eigenvalue weighted by Crippen LogP contribution is -2.33. The van der Waals surface area contributed by atoms with E-state index in [4.69, 9.17) is 0 Å². The molecule has 0 aromatic heterocycles. The van der Waals surface area contributed by atoms with Crippen LogP contribution in [0.25, 0.3) is 0 Å². The van der Waals surface area contributed by atoms with Crippen molar-refractivity contribution < 1.29 is 0 Å². The molecule has 6 heteroatoms. The normalized spacial score (nSPS) is 17.0. The summed E-state index contributed by atoms with van der Waals surface area (Å²) in [5.41, 5.74) is 2.50. The third-order valence-electron chi connectivity index (χ3n) is 3.29. The molecule has 0 unspecified atom stereocenters. The molecule has 20 heavy (non-hydrogen) atoms. The molecule has 0 fully saturated rings. The first-order valence-corrected chi connectivity index (χ1v) is 7.02. The highest BCUT2D eigenvalue weighted by atomic mass is 15.2. The summed E-state index contributed by atoms with van der Waals surface area (Å²) in [6.45, 7) is 5.20. The van der Waals surface area contributed by atoms with Crippen molar-refractivity contribution in [1.82, 2.24) is 21.3 Å². The van der Waals surface area contributed by atoms with Gasteiger partial charge in [-0.1, -0.05) is 24.3 Å². The maximum atomic E-state index is 4.31. The van der Waals surface area contributed by atoms with Gasteiger partial charge in [0.25, 0.3) is 0 Å². The molecule has 0 spiro atoms. The molecule has 3 rings (SSSR count). The maximum absolute atomic E-state index is 4.31. The molecule has 0 bridgehead atoms. The Labute approximate surface area is 118 Å². The van der Waals surface area contributed by atoms with Crippen LogP contribution in [0.1, 0.15) is 11.1 Å². The Morgan fingerprint density at radius 1 is 0.800 bits per heavy atom. The smallest absolute Gasteiger partial charge is 0.191 e. The lowest BCUT2D eigenvalue weighted by atomic mass is 10.1. The van der Waals surface area contributed by atoms with Crippen LogP contribution in [0, 0.1) is 0 Å². The number of aliphatic imine (C=N–C) groups is 2. The summed E-state index contributed by atoms with van der Waals surface area (Å²) >= 11 is 0. The van der Waals surface area contributed by atoms with Gasteiger partial charge in [0.1, 0.15) is 0 Å². The Hall–Kier alpha value is -2.24. The second-order valence-electron chi connectivity index (χ2n) is 4.84. The molecule has 0 radical (unpaired) electrons. The molecule has 0 atom stereocenters. The Morgan fingerprint density at radius 2 is 1.25 bits per heavy atom. The van der Waals surface area contributed by atoms with E-state index in [1.165, 1.54) is 11.1 Å². The summed E-state index contributed by atoms with van der Waals surface area (Å²) in [4.78, 5) is 8.61. The predicted molar refractivity (Wildman–Crippen MR) is 80.7 cm³/mol. The van der Waals surface area contributed by atoms with Gasteiger partial charge in [-0.15, -0.1) is 0 Å². The lowest BCUT2D eigenvalue weighted by molar-refractivity contribution is 0.855. The van der Waals surface area contributed by atoms with Crippen molar-refractivity contribution in [2.24, 2.45) is 9.98 Å². The van der Waals surface area contributed by atoms with Crippen molar-refractivity contribution in [2.75, 3.05) is 26.2 Å². The molecule has 1 aromatic carbocycles. The van der Waals surface area contributed by atoms with E-state index in [1.54, 1.807) is 0 Å². The van der Waals surface area contributed by atoms with Crippen LogP contribution in [0.4, 0.5) is 0 Å². The van der Waals surface area contributed by atoms with Gasteiger partial charge in [-0.25, -0.2) is 0 Å². The van der Waals surface area contributed by atoms with Crippen molar-refractivity contribution >= 4 is 11.9 Å². The minimum absolute atomic E-state index is 0.799. The first-order chi connectivity index (χ1) is 9.90. The summed E-state index contributed by atoms with van der Waals surface area (Å²) < 4.78 is 0. The van der Waals surface area contributed by atoms with Crippen LogP contribution in [-0.4, -0.2) is 38.1 Å².